The summed E-state index contributed by atoms with van der Waals surface area (Å²) in [5.41, 5.74) is 2.20. The van der Waals surface area contributed by atoms with Crippen LogP contribution >= 0.6 is 15.9 Å². The molecule has 0 radical (unpaired) electrons. The highest BCUT2D eigenvalue weighted by atomic mass is 79.9. The largest absolute Gasteiger partial charge is 0.464 e. The molecule has 2 aromatic rings. The summed E-state index contributed by atoms with van der Waals surface area (Å²) in [4.78, 5) is 16.2. The molecule has 1 fully saturated rings. The van der Waals surface area contributed by atoms with E-state index in [1.165, 1.54) is 0 Å². The molecule has 3 rings (SSSR count). The van der Waals surface area contributed by atoms with E-state index in [-0.39, 0.29) is 12.7 Å². The standard InChI is InChI=1S/C19H25BrN2O4/c1-19(2,3)26-18(24)22-6-4-21(5-7-22)10-13-8-15(20)9-16-14(11-23)12-25-17(13)16/h8-9,12,23H,4-7,10-11H2,1-3H3. The van der Waals surface area contributed by atoms with E-state index >= 15 is 0 Å². The van der Waals surface area contributed by atoms with Crippen LogP contribution in [0, 0.1) is 0 Å². The number of amides is 1. The van der Waals surface area contributed by atoms with E-state index in [0.29, 0.717) is 13.1 Å². The molecule has 6 nitrogen and oxygen atoms in total. The maximum atomic E-state index is 12.2. The topological polar surface area (TPSA) is 66.2 Å². The van der Waals surface area contributed by atoms with Crippen molar-refractivity contribution >= 4 is 33.0 Å². The molecule has 1 N–H and O–H groups in total. The molecule has 0 atom stereocenters. The third-order valence-corrected chi connectivity index (χ3v) is 4.84. The molecule has 1 amide bonds. The molecule has 142 valence electrons. The lowest BCUT2D eigenvalue weighted by Crippen LogP contribution is -2.49. The molecule has 1 aromatic heterocycles. The molecule has 26 heavy (non-hydrogen) atoms. The van der Waals surface area contributed by atoms with E-state index in [2.05, 4.69) is 20.8 Å². The van der Waals surface area contributed by atoms with E-state index in [1.54, 1.807) is 11.2 Å². The molecule has 1 aliphatic heterocycles. The number of furan rings is 1. The van der Waals surface area contributed by atoms with Crippen LogP contribution in [-0.2, 0) is 17.9 Å². The normalized spacial score (nSPS) is 16.3. The lowest BCUT2D eigenvalue weighted by molar-refractivity contribution is 0.0139. The Morgan fingerprint density at radius 3 is 2.54 bits per heavy atom. The van der Waals surface area contributed by atoms with Gasteiger partial charge in [0.15, 0.2) is 0 Å². The summed E-state index contributed by atoms with van der Waals surface area (Å²) in [6.45, 7) is 9.17. The molecule has 1 saturated heterocycles. The fraction of sp³-hybridized carbons (Fsp3) is 0.526. The van der Waals surface area contributed by atoms with Crippen molar-refractivity contribution in [3.63, 3.8) is 0 Å². The molecular formula is C19H25BrN2O4. The molecule has 1 aromatic carbocycles. The van der Waals surface area contributed by atoms with Gasteiger partial charge in [-0.25, -0.2) is 4.79 Å². The molecule has 0 spiro atoms. The number of hydrogen-bond donors (Lipinski definition) is 1. The Hall–Kier alpha value is -1.57. The van der Waals surface area contributed by atoms with Gasteiger partial charge < -0.3 is 19.2 Å². The lowest BCUT2D eigenvalue weighted by atomic mass is 10.1. The van der Waals surface area contributed by atoms with Crippen molar-refractivity contribution in [2.24, 2.45) is 0 Å². The van der Waals surface area contributed by atoms with Crippen LogP contribution in [0.5, 0.6) is 0 Å². The fourth-order valence-electron chi connectivity index (χ4n) is 3.12. The van der Waals surface area contributed by atoms with Gasteiger partial charge in [0.05, 0.1) is 12.9 Å². The zero-order valence-electron chi connectivity index (χ0n) is 15.4. The van der Waals surface area contributed by atoms with Crippen molar-refractivity contribution < 1.29 is 19.1 Å². The van der Waals surface area contributed by atoms with E-state index in [0.717, 1.165) is 46.2 Å². The number of benzene rings is 1. The smallest absolute Gasteiger partial charge is 0.410 e. The van der Waals surface area contributed by atoms with E-state index in [9.17, 15) is 9.90 Å². The minimum atomic E-state index is -0.472. The summed E-state index contributed by atoms with van der Waals surface area (Å²) in [5, 5.41) is 10.4. The van der Waals surface area contributed by atoms with Crippen LogP contribution in [0.2, 0.25) is 0 Å². The van der Waals surface area contributed by atoms with Gasteiger partial charge in [0.1, 0.15) is 11.2 Å². The summed E-state index contributed by atoms with van der Waals surface area (Å²) < 4.78 is 12.1. The van der Waals surface area contributed by atoms with E-state index in [4.69, 9.17) is 9.15 Å². The monoisotopic (exact) mass is 424 g/mol. The zero-order chi connectivity index (χ0) is 18.9. The number of aliphatic hydroxyl groups excluding tert-OH is 1. The second-order valence-electron chi connectivity index (χ2n) is 7.60. The first-order chi connectivity index (χ1) is 12.3. The predicted molar refractivity (Wildman–Crippen MR) is 103 cm³/mol. The van der Waals surface area contributed by atoms with Crippen LogP contribution in [0.4, 0.5) is 4.79 Å². The van der Waals surface area contributed by atoms with Gasteiger partial charge in [-0.05, 0) is 32.9 Å². The summed E-state index contributed by atoms with van der Waals surface area (Å²) in [6, 6.07) is 4.02. The van der Waals surface area contributed by atoms with Gasteiger partial charge in [-0.3, -0.25) is 4.90 Å². The second kappa shape index (κ2) is 7.58. The molecule has 0 bridgehead atoms. The first-order valence-electron chi connectivity index (χ1n) is 8.76. The van der Waals surface area contributed by atoms with Crippen molar-refractivity contribution in [3.05, 3.63) is 34.0 Å². The Labute approximate surface area is 161 Å². The van der Waals surface area contributed by atoms with E-state index in [1.807, 2.05) is 32.9 Å². The Balaban J connectivity index is 1.66. The van der Waals surface area contributed by atoms with Crippen LogP contribution in [0.15, 0.2) is 27.3 Å². The molecule has 0 unspecified atom stereocenters. The third kappa shape index (κ3) is 4.39. The van der Waals surface area contributed by atoms with Crippen molar-refractivity contribution in [1.29, 1.82) is 0 Å². The highest BCUT2D eigenvalue weighted by Gasteiger charge is 2.26. The summed E-state index contributed by atoms with van der Waals surface area (Å²) in [6.07, 6.45) is 1.36. The van der Waals surface area contributed by atoms with Crippen molar-refractivity contribution in [2.75, 3.05) is 26.2 Å². The van der Waals surface area contributed by atoms with Crippen LogP contribution < -0.4 is 0 Å². The van der Waals surface area contributed by atoms with Gasteiger partial charge in [-0.15, -0.1) is 0 Å². The zero-order valence-corrected chi connectivity index (χ0v) is 17.0. The minimum Gasteiger partial charge on any atom is -0.464 e. The Bertz CT molecular complexity index is 789. The fourth-order valence-corrected chi connectivity index (χ4v) is 3.62. The van der Waals surface area contributed by atoms with Gasteiger partial charge in [0, 0.05) is 53.7 Å². The third-order valence-electron chi connectivity index (χ3n) is 4.38. The first-order valence-corrected chi connectivity index (χ1v) is 9.56. The number of piperazine rings is 1. The number of carbonyl (C=O) groups excluding carboxylic acids is 1. The second-order valence-corrected chi connectivity index (χ2v) is 8.52. The maximum Gasteiger partial charge on any atom is 0.410 e. The quantitative estimate of drug-likeness (QED) is 0.812. The van der Waals surface area contributed by atoms with Gasteiger partial charge in [-0.1, -0.05) is 15.9 Å². The number of aliphatic hydroxyl groups is 1. The van der Waals surface area contributed by atoms with Crippen molar-refractivity contribution in [3.8, 4) is 0 Å². The van der Waals surface area contributed by atoms with Gasteiger partial charge in [-0.2, -0.15) is 0 Å². The number of rotatable bonds is 3. The van der Waals surface area contributed by atoms with Crippen LogP contribution in [-0.4, -0.2) is 52.8 Å². The Morgan fingerprint density at radius 1 is 1.23 bits per heavy atom. The summed E-state index contributed by atoms with van der Waals surface area (Å²) in [7, 11) is 0. The molecule has 1 aliphatic rings. The van der Waals surface area contributed by atoms with Crippen molar-refractivity contribution in [2.45, 2.75) is 39.5 Å². The Kier molecular flexibility index (Phi) is 5.60. The molecule has 0 saturated carbocycles. The van der Waals surface area contributed by atoms with Gasteiger partial charge in [0.2, 0.25) is 0 Å². The van der Waals surface area contributed by atoms with Crippen LogP contribution in [0.3, 0.4) is 0 Å². The molecule has 2 heterocycles. The molecule has 7 heteroatoms. The number of fused-ring (bicyclic) bond motifs is 1. The van der Waals surface area contributed by atoms with Crippen LogP contribution in [0.25, 0.3) is 11.0 Å². The average molecular weight is 425 g/mol. The van der Waals surface area contributed by atoms with Gasteiger partial charge >= 0.3 is 6.09 Å². The van der Waals surface area contributed by atoms with Gasteiger partial charge in [0.25, 0.3) is 0 Å². The average Bonchev–Trinajstić information content (AvgIpc) is 2.97. The summed E-state index contributed by atoms with van der Waals surface area (Å²) in [5.74, 6) is 0. The number of nitrogens with zero attached hydrogens (tertiary/aromatic N) is 2. The number of ether oxygens (including phenoxy) is 1. The van der Waals surface area contributed by atoms with Crippen LogP contribution in [0.1, 0.15) is 31.9 Å². The van der Waals surface area contributed by atoms with Crippen molar-refractivity contribution in [1.82, 2.24) is 9.80 Å². The SMILES string of the molecule is CC(C)(C)OC(=O)N1CCN(Cc2cc(Br)cc3c(CO)coc23)CC1. The highest BCUT2D eigenvalue weighted by Crippen LogP contribution is 2.30. The number of carbonyl (C=O) groups is 1. The highest BCUT2D eigenvalue weighted by molar-refractivity contribution is 9.10. The first kappa shape index (κ1) is 19.2. The number of hydrogen-bond acceptors (Lipinski definition) is 5. The minimum absolute atomic E-state index is 0.0442. The predicted octanol–water partition coefficient (Wildman–Crippen LogP) is 3.74. The summed E-state index contributed by atoms with van der Waals surface area (Å²) >= 11 is 3.54. The maximum absolute atomic E-state index is 12.2. The lowest BCUT2D eigenvalue weighted by Gasteiger charge is -2.35. The Morgan fingerprint density at radius 2 is 1.92 bits per heavy atom. The van der Waals surface area contributed by atoms with E-state index < -0.39 is 5.60 Å². The molecule has 0 aliphatic carbocycles. The number of halogens is 1. The molecular weight excluding hydrogens is 400 g/mol.